The molecular weight excluding hydrogens is 432 g/mol. The standard InChI is InChI=1S/C25H34N6O3/c1-31(2)23-19-5-3-4-6-20(19)29-24(30-23)26-16-7-9-17(10-8-16)27-25(32)28-18-11-12-21-22(15-18)34-14-13-33-21/h11-12,15-17H,3-10,13-14H2,1-2H3,(H,26,29,30)(H2,27,28,32)/t16-,17+. The first-order valence-corrected chi connectivity index (χ1v) is 12.4. The minimum absolute atomic E-state index is 0.150. The molecule has 2 aromatic rings. The molecule has 0 atom stereocenters. The molecule has 3 N–H and O–H groups in total. The molecule has 5 rings (SSSR count). The molecule has 34 heavy (non-hydrogen) atoms. The number of nitrogens with one attached hydrogen (secondary N) is 3. The molecule has 1 aromatic carbocycles. The van der Waals surface area contributed by atoms with E-state index in [0.29, 0.717) is 36.4 Å². The molecule has 9 heteroatoms. The largest absolute Gasteiger partial charge is 0.486 e. The summed E-state index contributed by atoms with van der Waals surface area (Å²) in [6.07, 6.45) is 8.26. The number of ether oxygens (including phenoxy) is 2. The lowest BCUT2D eigenvalue weighted by molar-refractivity contribution is 0.171. The summed E-state index contributed by atoms with van der Waals surface area (Å²) in [6, 6.07) is 5.73. The zero-order chi connectivity index (χ0) is 23.5. The van der Waals surface area contributed by atoms with Gasteiger partial charge in [-0.25, -0.2) is 9.78 Å². The van der Waals surface area contributed by atoms with Crippen molar-refractivity contribution in [3.63, 3.8) is 0 Å². The fourth-order valence-corrected chi connectivity index (χ4v) is 5.05. The Kier molecular flexibility index (Phi) is 6.60. The maximum absolute atomic E-state index is 12.5. The van der Waals surface area contributed by atoms with E-state index >= 15 is 0 Å². The van der Waals surface area contributed by atoms with Gasteiger partial charge in [-0.1, -0.05) is 0 Å². The maximum Gasteiger partial charge on any atom is 0.319 e. The van der Waals surface area contributed by atoms with Gasteiger partial charge in [0.05, 0.1) is 5.69 Å². The topological polar surface area (TPSA) is 101 Å². The van der Waals surface area contributed by atoms with E-state index < -0.39 is 0 Å². The lowest BCUT2D eigenvalue weighted by Crippen LogP contribution is -2.42. The SMILES string of the molecule is CN(C)c1nc(N[C@H]2CC[C@@H](NC(=O)Nc3ccc4c(c3)OCCO4)CC2)nc2c1CCCC2. The second-order valence-electron chi connectivity index (χ2n) is 9.55. The summed E-state index contributed by atoms with van der Waals surface area (Å²) < 4.78 is 11.1. The lowest BCUT2D eigenvalue weighted by atomic mass is 9.91. The predicted molar refractivity (Wildman–Crippen MR) is 132 cm³/mol. The van der Waals surface area contributed by atoms with Crippen molar-refractivity contribution in [3.8, 4) is 11.5 Å². The van der Waals surface area contributed by atoms with E-state index in [-0.39, 0.29) is 12.1 Å². The van der Waals surface area contributed by atoms with Gasteiger partial charge in [-0.3, -0.25) is 0 Å². The fourth-order valence-electron chi connectivity index (χ4n) is 5.05. The monoisotopic (exact) mass is 466 g/mol. The summed E-state index contributed by atoms with van der Waals surface area (Å²) in [5.74, 6) is 3.15. The van der Waals surface area contributed by atoms with Crippen molar-refractivity contribution in [1.29, 1.82) is 0 Å². The number of anilines is 3. The van der Waals surface area contributed by atoms with E-state index in [2.05, 4.69) is 20.9 Å². The quantitative estimate of drug-likeness (QED) is 0.617. The van der Waals surface area contributed by atoms with Crippen LogP contribution in [0.25, 0.3) is 0 Å². The molecule has 2 heterocycles. The fraction of sp³-hybridized carbons (Fsp3) is 0.560. The first-order chi connectivity index (χ1) is 16.5. The Labute approximate surface area is 200 Å². The molecule has 1 aliphatic heterocycles. The molecule has 182 valence electrons. The van der Waals surface area contributed by atoms with Crippen LogP contribution < -0.4 is 30.3 Å². The first kappa shape index (κ1) is 22.6. The van der Waals surface area contributed by atoms with Gasteiger partial charge in [0.15, 0.2) is 11.5 Å². The van der Waals surface area contributed by atoms with E-state index in [9.17, 15) is 4.79 Å². The first-order valence-electron chi connectivity index (χ1n) is 12.4. The van der Waals surface area contributed by atoms with Gasteiger partial charge in [-0.15, -0.1) is 0 Å². The van der Waals surface area contributed by atoms with Crippen LogP contribution in [0.15, 0.2) is 18.2 Å². The highest BCUT2D eigenvalue weighted by atomic mass is 16.6. The third kappa shape index (κ3) is 5.13. The minimum atomic E-state index is -0.193. The van der Waals surface area contributed by atoms with Crippen LogP contribution in [-0.2, 0) is 12.8 Å². The number of amides is 2. The molecule has 1 aromatic heterocycles. The van der Waals surface area contributed by atoms with E-state index in [1.54, 1.807) is 6.07 Å². The van der Waals surface area contributed by atoms with Gasteiger partial charge in [0.1, 0.15) is 19.0 Å². The van der Waals surface area contributed by atoms with Crippen LogP contribution in [-0.4, -0.2) is 55.4 Å². The van der Waals surface area contributed by atoms with E-state index in [1.165, 1.54) is 24.1 Å². The van der Waals surface area contributed by atoms with E-state index in [4.69, 9.17) is 19.4 Å². The van der Waals surface area contributed by atoms with Gasteiger partial charge in [0.2, 0.25) is 5.95 Å². The number of hydrogen-bond donors (Lipinski definition) is 3. The zero-order valence-electron chi connectivity index (χ0n) is 20.0. The van der Waals surface area contributed by atoms with Crippen molar-refractivity contribution in [3.05, 3.63) is 29.5 Å². The van der Waals surface area contributed by atoms with Crippen molar-refractivity contribution in [1.82, 2.24) is 15.3 Å². The average Bonchev–Trinajstić information content (AvgIpc) is 2.84. The van der Waals surface area contributed by atoms with Gasteiger partial charge in [0.25, 0.3) is 0 Å². The minimum Gasteiger partial charge on any atom is -0.486 e. The highest BCUT2D eigenvalue weighted by Crippen LogP contribution is 2.33. The highest BCUT2D eigenvalue weighted by Gasteiger charge is 2.25. The third-order valence-corrected chi connectivity index (χ3v) is 6.78. The van der Waals surface area contributed by atoms with Crippen LogP contribution in [0, 0.1) is 0 Å². The van der Waals surface area contributed by atoms with Crippen molar-refractivity contribution in [2.75, 3.05) is 42.8 Å². The number of carbonyl (C=O) groups excluding carboxylic acids is 1. The zero-order valence-corrected chi connectivity index (χ0v) is 20.0. The second-order valence-corrected chi connectivity index (χ2v) is 9.55. The molecule has 2 aliphatic carbocycles. The Hall–Kier alpha value is -3.23. The number of aryl methyl sites for hydroxylation is 1. The third-order valence-electron chi connectivity index (χ3n) is 6.78. The molecule has 0 unspecified atom stereocenters. The summed E-state index contributed by atoms with van der Waals surface area (Å²) in [7, 11) is 4.10. The van der Waals surface area contributed by atoms with Crippen molar-refractivity contribution in [2.45, 2.75) is 63.5 Å². The summed E-state index contributed by atoms with van der Waals surface area (Å²) in [5.41, 5.74) is 3.19. The maximum atomic E-state index is 12.5. The van der Waals surface area contributed by atoms with Crippen molar-refractivity contribution in [2.24, 2.45) is 0 Å². The Morgan fingerprint density at radius 2 is 1.71 bits per heavy atom. The Morgan fingerprint density at radius 1 is 0.971 bits per heavy atom. The van der Waals surface area contributed by atoms with Crippen LogP contribution >= 0.6 is 0 Å². The van der Waals surface area contributed by atoms with Crippen LogP contribution in [0.2, 0.25) is 0 Å². The van der Waals surface area contributed by atoms with Crippen molar-refractivity contribution >= 4 is 23.5 Å². The normalized spacial score (nSPS) is 21.2. The molecular formula is C25H34N6O3. The van der Waals surface area contributed by atoms with Crippen LogP contribution in [0.3, 0.4) is 0 Å². The molecule has 1 fully saturated rings. The van der Waals surface area contributed by atoms with Crippen LogP contribution in [0.1, 0.15) is 49.8 Å². The molecule has 2 amide bonds. The summed E-state index contributed by atoms with van der Waals surface area (Å²) in [5, 5.41) is 9.59. The van der Waals surface area contributed by atoms with E-state index in [1.807, 2.05) is 26.2 Å². The number of nitrogens with zero attached hydrogens (tertiary/aromatic N) is 3. The smallest absolute Gasteiger partial charge is 0.319 e. The number of carbonyl (C=O) groups is 1. The molecule has 9 nitrogen and oxygen atoms in total. The Morgan fingerprint density at radius 3 is 2.50 bits per heavy atom. The summed E-state index contributed by atoms with van der Waals surface area (Å²) in [6.45, 7) is 1.07. The highest BCUT2D eigenvalue weighted by molar-refractivity contribution is 5.89. The molecule has 1 saturated carbocycles. The number of fused-ring (bicyclic) bond motifs is 2. The van der Waals surface area contributed by atoms with E-state index in [0.717, 1.165) is 50.3 Å². The number of aromatic nitrogens is 2. The van der Waals surface area contributed by atoms with Crippen LogP contribution in [0.4, 0.5) is 22.2 Å². The molecule has 0 radical (unpaired) electrons. The summed E-state index contributed by atoms with van der Waals surface area (Å²) >= 11 is 0. The van der Waals surface area contributed by atoms with Gasteiger partial charge in [0, 0.05) is 43.5 Å². The number of rotatable bonds is 5. The van der Waals surface area contributed by atoms with Crippen molar-refractivity contribution < 1.29 is 14.3 Å². The number of hydrogen-bond acceptors (Lipinski definition) is 7. The molecule has 3 aliphatic rings. The van der Waals surface area contributed by atoms with Gasteiger partial charge >= 0.3 is 6.03 Å². The van der Waals surface area contributed by atoms with Gasteiger partial charge in [-0.05, 0) is 63.5 Å². The Bertz CT molecular complexity index is 1040. The molecule has 0 saturated heterocycles. The predicted octanol–water partition coefficient (Wildman–Crippen LogP) is 3.74. The van der Waals surface area contributed by atoms with Gasteiger partial charge in [-0.2, -0.15) is 4.98 Å². The Balaban J connectivity index is 1.13. The molecule has 0 bridgehead atoms. The van der Waals surface area contributed by atoms with Crippen LogP contribution in [0.5, 0.6) is 11.5 Å². The number of urea groups is 1. The average molecular weight is 467 g/mol. The molecule has 0 spiro atoms. The summed E-state index contributed by atoms with van der Waals surface area (Å²) in [4.78, 5) is 24.3. The van der Waals surface area contributed by atoms with Gasteiger partial charge < -0.3 is 30.3 Å². The number of benzene rings is 1. The second kappa shape index (κ2) is 9.95. The lowest BCUT2D eigenvalue weighted by Gasteiger charge is -2.30.